The van der Waals surface area contributed by atoms with E-state index in [0.717, 1.165) is 24.3 Å². The molecule has 0 aromatic heterocycles. The van der Waals surface area contributed by atoms with Crippen LogP contribution in [0.2, 0.25) is 0 Å². The van der Waals surface area contributed by atoms with Crippen molar-refractivity contribution < 1.29 is 69.7 Å². The Hall–Kier alpha value is -5.15. The lowest BCUT2D eigenvalue weighted by Gasteiger charge is -2.42. The Labute approximate surface area is 248 Å². The van der Waals surface area contributed by atoms with Crippen LogP contribution in [-0.2, 0) is 19.0 Å². The van der Waals surface area contributed by atoms with Crippen LogP contribution < -0.4 is 4.74 Å². The zero-order valence-electron chi connectivity index (χ0n) is 22.6. The fourth-order valence-electron chi connectivity index (χ4n) is 4.70. The first kappa shape index (κ1) is 30.3. The Morgan fingerprint density at radius 2 is 1.55 bits per heavy atom. The van der Waals surface area contributed by atoms with Crippen molar-refractivity contribution in [2.24, 2.45) is 0 Å². The number of hydrogen-bond acceptors (Lipinski definition) is 14. The fourth-order valence-corrected chi connectivity index (χ4v) is 4.70. The van der Waals surface area contributed by atoms with E-state index in [2.05, 4.69) is 0 Å². The van der Waals surface area contributed by atoms with Gasteiger partial charge in [0.05, 0.1) is 12.2 Å². The second-order valence-electron chi connectivity index (χ2n) is 9.98. The van der Waals surface area contributed by atoms with Gasteiger partial charge in [-0.25, -0.2) is 4.79 Å². The number of aliphatic hydroxyl groups excluding tert-OH is 3. The Morgan fingerprint density at radius 3 is 2.20 bits per heavy atom. The highest BCUT2D eigenvalue weighted by molar-refractivity contribution is 5.87. The molecule has 3 aromatic carbocycles. The lowest BCUT2D eigenvalue weighted by Crippen LogP contribution is -2.60. The van der Waals surface area contributed by atoms with E-state index in [1.54, 1.807) is 0 Å². The van der Waals surface area contributed by atoms with Crippen molar-refractivity contribution in [3.05, 3.63) is 77.1 Å². The van der Waals surface area contributed by atoms with Gasteiger partial charge in [-0.05, 0) is 42.0 Å². The van der Waals surface area contributed by atoms with Gasteiger partial charge in [-0.3, -0.25) is 0 Å². The molecular formula is C30H28O14. The van der Waals surface area contributed by atoms with Crippen LogP contribution in [0.5, 0.6) is 40.2 Å². The summed E-state index contributed by atoms with van der Waals surface area (Å²) in [4.78, 5) is 12.6. The third kappa shape index (κ3) is 6.14. The zero-order chi connectivity index (χ0) is 31.7. The summed E-state index contributed by atoms with van der Waals surface area (Å²) in [5, 5.41) is 91.4. The summed E-state index contributed by atoms with van der Waals surface area (Å²) in [5.74, 6) is -4.16. The van der Waals surface area contributed by atoms with Crippen molar-refractivity contribution >= 4 is 18.1 Å². The van der Waals surface area contributed by atoms with Gasteiger partial charge in [-0.2, -0.15) is 0 Å². The summed E-state index contributed by atoms with van der Waals surface area (Å²) in [7, 11) is 0. The van der Waals surface area contributed by atoms with Gasteiger partial charge < -0.3 is 64.9 Å². The van der Waals surface area contributed by atoms with E-state index in [4.69, 9.17) is 18.9 Å². The lowest BCUT2D eigenvalue weighted by atomic mass is 9.98. The first-order valence-electron chi connectivity index (χ1n) is 13.1. The summed E-state index contributed by atoms with van der Waals surface area (Å²) in [6, 6.07) is 10.2. The molecule has 14 nitrogen and oxygen atoms in total. The third-order valence-electron chi connectivity index (χ3n) is 6.92. The standard InChI is InChI=1S/C30H28O14/c31-12-23-26(39)29(44-24(37)6-3-13-1-4-15(32)5-2-13)27(40)30(43-23)42-22-11-17-18(34)9-16(33)10-21(17)41-28(22)14-7-19(35)25(38)20(36)8-14/h1-11,23,26-36,38-40H,12H2. The third-order valence-corrected chi connectivity index (χ3v) is 6.92. The Bertz CT molecular complexity index is 1570. The maximum Gasteiger partial charge on any atom is 0.331 e. The molecule has 5 rings (SSSR count). The quantitative estimate of drug-likeness (QED) is 0.104. The van der Waals surface area contributed by atoms with Gasteiger partial charge in [0.1, 0.15) is 41.0 Å². The highest BCUT2D eigenvalue weighted by atomic mass is 16.7. The zero-order valence-corrected chi connectivity index (χ0v) is 22.6. The molecule has 2 aliphatic heterocycles. The summed E-state index contributed by atoms with van der Waals surface area (Å²) >= 11 is 0. The predicted octanol–water partition coefficient (Wildman–Crippen LogP) is 1.48. The van der Waals surface area contributed by atoms with Gasteiger partial charge in [0.2, 0.25) is 6.29 Å². The van der Waals surface area contributed by atoms with Crippen molar-refractivity contribution in [1.29, 1.82) is 0 Å². The van der Waals surface area contributed by atoms with Crippen LogP contribution in [0.15, 0.2) is 60.4 Å². The molecule has 3 aromatic rings. The minimum Gasteiger partial charge on any atom is -0.508 e. The van der Waals surface area contributed by atoms with Gasteiger partial charge in [0, 0.05) is 23.8 Å². The average molecular weight is 613 g/mol. The second kappa shape index (κ2) is 12.2. The van der Waals surface area contributed by atoms with Crippen LogP contribution >= 0.6 is 0 Å². The van der Waals surface area contributed by atoms with E-state index in [9.17, 15) is 50.8 Å². The van der Waals surface area contributed by atoms with Gasteiger partial charge >= 0.3 is 5.97 Å². The molecule has 2 heterocycles. The van der Waals surface area contributed by atoms with Crippen LogP contribution in [0.25, 0.3) is 12.2 Å². The number of phenols is 6. The number of carbonyl (C=O) groups excluding carboxylic acids is 1. The molecule has 1 saturated heterocycles. The minimum atomic E-state index is -1.85. The monoisotopic (exact) mass is 612 g/mol. The molecule has 2 aliphatic rings. The van der Waals surface area contributed by atoms with Crippen molar-refractivity contribution in [1.82, 2.24) is 0 Å². The van der Waals surface area contributed by atoms with Gasteiger partial charge in [-0.15, -0.1) is 0 Å². The summed E-state index contributed by atoms with van der Waals surface area (Å²) in [6.45, 7) is -0.771. The fraction of sp³-hybridized carbons (Fsp3) is 0.233. The van der Waals surface area contributed by atoms with Crippen molar-refractivity contribution in [2.75, 3.05) is 6.61 Å². The molecule has 232 valence electrons. The van der Waals surface area contributed by atoms with E-state index in [1.165, 1.54) is 42.5 Å². The molecule has 0 amide bonds. The highest BCUT2D eigenvalue weighted by Crippen LogP contribution is 2.47. The Balaban J connectivity index is 1.44. The minimum absolute atomic E-state index is 0.0175. The molecule has 0 aliphatic carbocycles. The number of hydrogen-bond donors (Lipinski definition) is 9. The number of esters is 1. The van der Waals surface area contributed by atoms with Crippen molar-refractivity contribution in [2.45, 2.75) is 36.8 Å². The van der Waals surface area contributed by atoms with Crippen LogP contribution in [0.3, 0.4) is 0 Å². The van der Waals surface area contributed by atoms with E-state index in [1.807, 2.05) is 0 Å². The molecule has 0 radical (unpaired) electrons. The second-order valence-corrected chi connectivity index (χ2v) is 9.98. The lowest BCUT2D eigenvalue weighted by molar-refractivity contribution is -0.295. The molecule has 44 heavy (non-hydrogen) atoms. The largest absolute Gasteiger partial charge is 0.508 e. The molecule has 6 unspecified atom stereocenters. The topological polar surface area (TPSA) is 236 Å². The van der Waals surface area contributed by atoms with E-state index >= 15 is 0 Å². The maximum absolute atomic E-state index is 12.6. The number of carbonyl (C=O) groups is 1. The van der Waals surface area contributed by atoms with Crippen LogP contribution in [0, 0.1) is 0 Å². The van der Waals surface area contributed by atoms with Crippen molar-refractivity contribution in [3.8, 4) is 40.2 Å². The van der Waals surface area contributed by atoms with Gasteiger partial charge in [0.15, 0.2) is 35.6 Å². The number of aliphatic hydroxyl groups is 3. The van der Waals surface area contributed by atoms with Crippen molar-refractivity contribution in [3.63, 3.8) is 0 Å². The number of ether oxygens (including phenoxy) is 4. The molecule has 6 atom stereocenters. The van der Waals surface area contributed by atoms with Crippen LogP contribution in [0.4, 0.5) is 0 Å². The molecular weight excluding hydrogens is 584 g/mol. The molecule has 0 bridgehead atoms. The summed E-state index contributed by atoms with van der Waals surface area (Å²) in [5.41, 5.74) is 0.595. The average Bonchev–Trinajstić information content (AvgIpc) is 2.98. The molecule has 0 spiro atoms. The normalized spacial score (nSPS) is 24.7. The number of aromatic hydroxyl groups is 6. The summed E-state index contributed by atoms with van der Waals surface area (Å²) < 4.78 is 22.7. The highest BCUT2D eigenvalue weighted by Gasteiger charge is 2.48. The maximum atomic E-state index is 12.6. The van der Waals surface area contributed by atoms with E-state index < -0.39 is 72.4 Å². The predicted molar refractivity (Wildman–Crippen MR) is 148 cm³/mol. The number of rotatable bonds is 7. The van der Waals surface area contributed by atoms with Gasteiger partial charge in [0.25, 0.3) is 0 Å². The number of benzene rings is 3. The van der Waals surface area contributed by atoms with E-state index in [0.29, 0.717) is 5.56 Å². The summed E-state index contributed by atoms with van der Waals surface area (Å²) in [6.07, 6.45) is -6.00. The van der Waals surface area contributed by atoms with Crippen LogP contribution in [-0.4, -0.2) is 89.2 Å². The van der Waals surface area contributed by atoms with Crippen LogP contribution in [0.1, 0.15) is 22.8 Å². The first-order valence-corrected chi connectivity index (χ1v) is 13.1. The molecule has 1 fully saturated rings. The van der Waals surface area contributed by atoms with Gasteiger partial charge in [-0.1, -0.05) is 12.1 Å². The Morgan fingerprint density at radius 1 is 0.864 bits per heavy atom. The molecule has 0 saturated carbocycles. The first-order chi connectivity index (χ1) is 20.9. The SMILES string of the molecule is O=C(C=Cc1ccc(O)cc1)OC1C(O)C(CO)OC(OC2=Cc3c(O)cc(O)cc3OC2c2cc(O)c(O)c(O)c2)C1O. The number of phenolic OH excluding ortho intramolecular Hbond substituents is 6. The smallest absolute Gasteiger partial charge is 0.331 e. The van der Waals surface area contributed by atoms with E-state index in [-0.39, 0.29) is 34.1 Å². The number of fused-ring (bicyclic) bond motifs is 1. The molecule has 9 N–H and O–H groups in total. The molecule has 14 heteroatoms. The Kier molecular flexibility index (Phi) is 8.42.